The van der Waals surface area contributed by atoms with E-state index >= 15 is 0 Å². The fraction of sp³-hybridized carbons (Fsp3) is 0.929. The van der Waals surface area contributed by atoms with E-state index < -0.39 is 0 Å². The molecule has 0 unspecified atom stereocenters. The average molecular weight is 453 g/mol. The highest BCUT2D eigenvalue weighted by molar-refractivity contribution is 5.69. The summed E-state index contributed by atoms with van der Waals surface area (Å²) in [4.78, 5) is 23.6. The van der Waals surface area contributed by atoms with Gasteiger partial charge in [-0.1, -0.05) is 116 Å². The van der Waals surface area contributed by atoms with Crippen molar-refractivity contribution >= 4 is 11.9 Å². The van der Waals surface area contributed by atoms with Gasteiger partial charge in [-0.25, -0.2) is 0 Å². The molecule has 0 atom stereocenters. The van der Waals surface area contributed by atoms with Crippen molar-refractivity contribution in [1.82, 2.24) is 0 Å². The standard InChI is InChI=1S/C28H52O4/c29-27-23-19-15-11-7-8-12-16-20-24-28(30)32-26-22-18-14-10-6-4-2-1-3-5-9-13-17-21-25-31-27/h1-26H2. The molecule has 0 amide bonds. The lowest BCUT2D eigenvalue weighted by Crippen LogP contribution is -2.05. The molecule has 0 bridgehead atoms. The van der Waals surface area contributed by atoms with Gasteiger partial charge in [0.25, 0.3) is 0 Å². The van der Waals surface area contributed by atoms with Crippen LogP contribution in [0.15, 0.2) is 0 Å². The molecule has 0 aromatic rings. The first-order valence-corrected chi connectivity index (χ1v) is 14.1. The van der Waals surface area contributed by atoms with Gasteiger partial charge in [0.15, 0.2) is 0 Å². The Balaban J connectivity index is 2.12. The van der Waals surface area contributed by atoms with Crippen molar-refractivity contribution in [2.24, 2.45) is 0 Å². The quantitative estimate of drug-likeness (QED) is 0.346. The van der Waals surface area contributed by atoms with E-state index in [1.54, 1.807) is 0 Å². The van der Waals surface area contributed by atoms with Crippen LogP contribution in [0.25, 0.3) is 0 Å². The summed E-state index contributed by atoms with van der Waals surface area (Å²) in [5.41, 5.74) is 0. The molecule has 1 aliphatic heterocycles. The van der Waals surface area contributed by atoms with Crippen molar-refractivity contribution in [3.8, 4) is 0 Å². The fourth-order valence-corrected chi connectivity index (χ4v) is 4.44. The Morgan fingerprint density at radius 2 is 0.531 bits per heavy atom. The van der Waals surface area contributed by atoms with E-state index in [4.69, 9.17) is 9.47 Å². The van der Waals surface area contributed by atoms with Crippen LogP contribution in [0.1, 0.15) is 154 Å². The summed E-state index contributed by atoms with van der Waals surface area (Å²) >= 11 is 0. The van der Waals surface area contributed by atoms with Crippen LogP contribution in [-0.2, 0) is 19.1 Å². The summed E-state index contributed by atoms with van der Waals surface area (Å²) in [5.74, 6) is -0.0342. The van der Waals surface area contributed by atoms with Crippen molar-refractivity contribution in [3.63, 3.8) is 0 Å². The predicted octanol–water partition coefficient (Wildman–Crippen LogP) is 8.45. The molecule has 0 aromatic heterocycles. The number of carbonyl (C=O) groups is 2. The number of carbonyl (C=O) groups excluding carboxylic acids is 2. The molecule has 1 saturated heterocycles. The van der Waals surface area contributed by atoms with Crippen LogP contribution in [0.4, 0.5) is 0 Å². The Morgan fingerprint density at radius 1 is 0.312 bits per heavy atom. The summed E-state index contributed by atoms with van der Waals surface area (Å²) < 4.78 is 10.7. The lowest BCUT2D eigenvalue weighted by atomic mass is 10.0. The van der Waals surface area contributed by atoms with Crippen LogP contribution < -0.4 is 0 Å². The van der Waals surface area contributed by atoms with E-state index in [0.29, 0.717) is 26.1 Å². The maximum absolute atomic E-state index is 11.8. The maximum atomic E-state index is 11.8. The minimum absolute atomic E-state index is 0.0171. The molecule has 4 heteroatoms. The van der Waals surface area contributed by atoms with Crippen molar-refractivity contribution in [1.29, 1.82) is 0 Å². The first kappa shape index (κ1) is 29.0. The van der Waals surface area contributed by atoms with Crippen LogP contribution >= 0.6 is 0 Å². The Labute approximate surface area is 198 Å². The highest BCUT2D eigenvalue weighted by Gasteiger charge is 2.04. The number of esters is 2. The summed E-state index contributed by atoms with van der Waals surface area (Å²) in [7, 11) is 0. The van der Waals surface area contributed by atoms with Gasteiger partial charge in [0.1, 0.15) is 0 Å². The topological polar surface area (TPSA) is 52.6 Å². The lowest BCUT2D eigenvalue weighted by molar-refractivity contribution is -0.144. The van der Waals surface area contributed by atoms with E-state index in [2.05, 4.69) is 0 Å². The molecule has 1 heterocycles. The Hall–Kier alpha value is -1.06. The third-order valence-electron chi connectivity index (χ3n) is 6.58. The van der Waals surface area contributed by atoms with Crippen molar-refractivity contribution in [2.75, 3.05) is 13.2 Å². The highest BCUT2D eigenvalue weighted by atomic mass is 16.5. The van der Waals surface area contributed by atoms with Gasteiger partial charge in [0.2, 0.25) is 0 Å². The van der Waals surface area contributed by atoms with Gasteiger partial charge in [0, 0.05) is 12.8 Å². The molecule has 0 spiro atoms. The second kappa shape index (κ2) is 23.1. The van der Waals surface area contributed by atoms with Gasteiger partial charge < -0.3 is 9.47 Å². The SMILES string of the molecule is O=C1CCCCCCCCCCC(=O)OCCCCCCCCCCCCCCCCO1. The van der Waals surface area contributed by atoms with Crippen molar-refractivity contribution < 1.29 is 19.1 Å². The molecule has 32 heavy (non-hydrogen) atoms. The molecule has 0 saturated carbocycles. The Bertz CT molecular complexity index is 395. The number of cyclic esters (lactones) is 2. The molecule has 188 valence electrons. The first-order valence-electron chi connectivity index (χ1n) is 14.1. The molecule has 1 aliphatic rings. The minimum atomic E-state index is -0.0171. The normalized spacial score (nSPS) is 22.9. The Kier molecular flexibility index (Phi) is 20.9. The van der Waals surface area contributed by atoms with Crippen molar-refractivity contribution in [2.45, 2.75) is 154 Å². The zero-order valence-corrected chi connectivity index (χ0v) is 21.0. The second-order valence-electron chi connectivity index (χ2n) is 9.72. The largest absolute Gasteiger partial charge is 0.466 e. The molecule has 0 N–H and O–H groups in total. The van der Waals surface area contributed by atoms with Gasteiger partial charge in [-0.2, -0.15) is 0 Å². The van der Waals surface area contributed by atoms with Crippen molar-refractivity contribution in [3.05, 3.63) is 0 Å². The highest BCUT2D eigenvalue weighted by Crippen LogP contribution is 2.14. The first-order chi connectivity index (χ1) is 15.8. The molecule has 1 rings (SSSR count). The summed E-state index contributed by atoms with van der Waals surface area (Å²) in [6.45, 7) is 1.21. The third kappa shape index (κ3) is 20.8. The molecular weight excluding hydrogens is 400 g/mol. The molecule has 0 radical (unpaired) electrons. The summed E-state index contributed by atoms with van der Waals surface area (Å²) in [6.07, 6.45) is 27.8. The summed E-state index contributed by atoms with van der Waals surface area (Å²) in [6, 6.07) is 0. The number of ether oxygens (including phenoxy) is 2. The van der Waals surface area contributed by atoms with Gasteiger partial charge in [-0.15, -0.1) is 0 Å². The lowest BCUT2D eigenvalue weighted by Gasteiger charge is -2.07. The maximum Gasteiger partial charge on any atom is 0.305 e. The van der Waals surface area contributed by atoms with Crippen LogP contribution in [-0.4, -0.2) is 25.2 Å². The van der Waals surface area contributed by atoms with Crippen LogP contribution in [0, 0.1) is 0 Å². The van der Waals surface area contributed by atoms with Crippen LogP contribution in [0.3, 0.4) is 0 Å². The van der Waals surface area contributed by atoms with E-state index in [0.717, 1.165) is 38.5 Å². The van der Waals surface area contributed by atoms with E-state index in [1.165, 1.54) is 103 Å². The zero-order valence-electron chi connectivity index (χ0n) is 21.0. The molecule has 1 fully saturated rings. The monoisotopic (exact) mass is 452 g/mol. The zero-order chi connectivity index (χ0) is 23.0. The van der Waals surface area contributed by atoms with E-state index in [1.807, 2.05) is 0 Å². The molecule has 0 aliphatic carbocycles. The van der Waals surface area contributed by atoms with Gasteiger partial charge in [-0.05, 0) is 25.7 Å². The smallest absolute Gasteiger partial charge is 0.305 e. The second-order valence-corrected chi connectivity index (χ2v) is 9.72. The van der Waals surface area contributed by atoms with Gasteiger partial charge in [-0.3, -0.25) is 9.59 Å². The predicted molar refractivity (Wildman–Crippen MR) is 133 cm³/mol. The van der Waals surface area contributed by atoms with Gasteiger partial charge >= 0.3 is 11.9 Å². The minimum Gasteiger partial charge on any atom is -0.466 e. The number of hydrogen-bond acceptors (Lipinski definition) is 4. The number of hydrogen-bond donors (Lipinski definition) is 0. The van der Waals surface area contributed by atoms with Gasteiger partial charge in [0.05, 0.1) is 13.2 Å². The Morgan fingerprint density at radius 3 is 0.812 bits per heavy atom. The molecule has 0 aromatic carbocycles. The number of rotatable bonds is 0. The summed E-state index contributed by atoms with van der Waals surface area (Å²) in [5, 5.41) is 0. The van der Waals surface area contributed by atoms with Crippen LogP contribution in [0.2, 0.25) is 0 Å². The van der Waals surface area contributed by atoms with E-state index in [9.17, 15) is 9.59 Å². The molecular formula is C28H52O4. The van der Waals surface area contributed by atoms with Crippen LogP contribution in [0.5, 0.6) is 0 Å². The van der Waals surface area contributed by atoms with E-state index in [-0.39, 0.29) is 11.9 Å². The fourth-order valence-electron chi connectivity index (χ4n) is 4.44. The molecule has 4 nitrogen and oxygen atoms in total. The third-order valence-corrected chi connectivity index (χ3v) is 6.58. The average Bonchev–Trinajstić information content (AvgIpc) is 2.78.